The molecule has 1 aliphatic rings. The van der Waals surface area contributed by atoms with E-state index in [0.29, 0.717) is 0 Å². The van der Waals surface area contributed by atoms with Crippen LogP contribution < -0.4 is 0 Å². The Bertz CT molecular complexity index is 293. The minimum absolute atomic E-state index is 0.00685. The lowest BCUT2D eigenvalue weighted by Gasteiger charge is -2.33. The number of esters is 1. The first-order chi connectivity index (χ1) is 6.99. The van der Waals surface area contributed by atoms with Gasteiger partial charge in [0.05, 0.1) is 5.92 Å². The van der Waals surface area contributed by atoms with Crippen molar-refractivity contribution in [3.05, 3.63) is 12.2 Å². The first-order valence-electron chi connectivity index (χ1n) is 5.36. The van der Waals surface area contributed by atoms with Gasteiger partial charge in [0.2, 0.25) is 0 Å². The molecule has 0 saturated carbocycles. The Balaban J connectivity index is 2.83. The molecular weight excluding hydrogens is 192 g/mol. The van der Waals surface area contributed by atoms with Gasteiger partial charge in [-0.1, -0.05) is 26.0 Å². The molecule has 0 aromatic rings. The Labute approximate surface area is 90.5 Å². The lowest BCUT2D eigenvalue weighted by atomic mass is 9.83. The zero-order valence-electron chi connectivity index (χ0n) is 9.69. The van der Waals surface area contributed by atoms with E-state index < -0.39 is 5.92 Å². The summed E-state index contributed by atoms with van der Waals surface area (Å²) in [5, 5.41) is 0. The maximum atomic E-state index is 11.7. The van der Waals surface area contributed by atoms with Crippen LogP contribution in [0.5, 0.6) is 0 Å². The fourth-order valence-electron chi connectivity index (χ4n) is 1.99. The van der Waals surface area contributed by atoms with Crippen molar-refractivity contribution >= 4 is 11.8 Å². The number of hydrogen-bond donors (Lipinski definition) is 0. The monoisotopic (exact) mass is 210 g/mol. The third kappa shape index (κ3) is 2.28. The highest BCUT2D eigenvalue weighted by Gasteiger charge is 2.41. The maximum absolute atomic E-state index is 11.7. The van der Waals surface area contributed by atoms with Gasteiger partial charge in [-0.2, -0.15) is 0 Å². The molecule has 3 heteroatoms. The van der Waals surface area contributed by atoms with E-state index in [1.807, 2.05) is 32.9 Å². The molecule has 0 radical (unpaired) electrons. The highest BCUT2D eigenvalue weighted by molar-refractivity contribution is 6.01. The second kappa shape index (κ2) is 4.60. The molecule has 15 heavy (non-hydrogen) atoms. The Kier molecular flexibility index (Phi) is 3.66. The standard InChI is InChI=1S/C12H18O3/c1-5-6-7(2)11-8(3)10(13)9(4)12(14)15-11/h5-9,11H,1-4H3/b6-5+/t7?,8-,9-,11-/m0/s1. The summed E-state index contributed by atoms with van der Waals surface area (Å²) in [4.78, 5) is 23.1. The first kappa shape index (κ1) is 12.0. The van der Waals surface area contributed by atoms with Gasteiger partial charge in [0.25, 0.3) is 0 Å². The zero-order valence-corrected chi connectivity index (χ0v) is 9.69. The Morgan fingerprint density at radius 1 is 1.33 bits per heavy atom. The quantitative estimate of drug-likeness (QED) is 0.397. The zero-order chi connectivity index (χ0) is 11.6. The molecule has 1 heterocycles. The lowest BCUT2D eigenvalue weighted by molar-refractivity contribution is -0.171. The Morgan fingerprint density at radius 3 is 2.47 bits per heavy atom. The van der Waals surface area contributed by atoms with Crippen molar-refractivity contribution in [1.82, 2.24) is 0 Å². The fraction of sp³-hybridized carbons (Fsp3) is 0.667. The van der Waals surface area contributed by atoms with Crippen molar-refractivity contribution in [2.75, 3.05) is 0 Å². The SMILES string of the molecule is C/C=C/C(C)[C@@H]1OC(=O)[C@@H](C)C(=O)[C@@H]1C. The minimum atomic E-state index is -0.603. The molecular formula is C12H18O3. The average molecular weight is 210 g/mol. The van der Waals surface area contributed by atoms with Crippen LogP contribution in [0.15, 0.2) is 12.2 Å². The molecule has 1 unspecified atom stereocenters. The minimum Gasteiger partial charge on any atom is -0.460 e. The van der Waals surface area contributed by atoms with Crippen molar-refractivity contribution in [2.45, 2.75) is 33.8 Å². The van der Waals surface area contributed by atoms with Crippen molar-refractivity contribution in [2.24, 2.45) is 17.8 Å². The third-order valence-corrected chi connectivity index (χ3v) is 2.99. The number of cyclic esters (lactones) is 1. The van der Waals surface area contributed by atoms with Crippen molar-refractivity contribution < 1.29 is 14.3 Å². The van der Waals surface area contributed by atoms with Gasteiger partial charge >= 0.3 is 5.97 Å². The van der Waals surface area contributed by atoms with Gasteiger partial charge in [-0.25, -0.2) is 0 Å². The number of ketones is 1. The van der Waals surface area contributed by atoms with E-state index >= 15 is 0 Å². The second-order valence-electron chi connectivity index (χ2n) is 4.20. The highest BCUT2D eigenvalue weighted by Crippen LogP contribution is 2.27. The van der Waals surface area contributed by atoms with Crippen LogP contribution >= 0.6 is 0 Å². The van der Waals surface area contributed by atoms with E-state index in [1.54, 1.807) is 6.92 Å². The van der Waals surface area contributed by atoms with Gasteiger partial charge in [-0.05, 0) is 13.8 Å². The highest BCUT2D eigenvalue weighted by atomic mass is 16.5. The molecule has 84 valence electrons. The van der Waals surface area contributed by atoms with Crippen molar-refractivity contribution in [3.63, 3.8) is 0 Å². The number of carbonyl (C=O) groups excluding carboxylic acids is 2. The van der Waals surface area contributed by atoms with Gasteiger partial charge < -0.3 is 4.74 Å². The number of carbonyl (C=O) groups is 2. The van der Waals surface area contributed by atoms with Gasteiger partial charge in [-0.15, -0.1) is 0 Å². The van der Waals surface area contributed by atoms with Gasteiger partial charge in [0, 0.05) is 5.92 Å². The molecule has 0 amide bonds. The Hall–Kier alpha value is -1.12. The average Bonchev–Trinajstić information content (AvgIpc) is 2.20. The molecule has 1 rings (SSSR count). The molecule has 0 N–H and O–H groups in total. The number of rotatable bonds is 2. The van der Waals surface area contributed by atoms with E-state index in [2.05, 4.69) is 0 Å². The van der Waals surface area contributed by atoms with E-state index in [-0.39, 0.29) is 29.7 Å². The summed E-state index contributed by atoms with van der Waals surface area (Å²) in [6.45, 7) is 7.31. The van der Waals surface area contributed by atoms with Crippen LogP contribution in [0.25, 0.3) is 0 Å². The molecule has 1 fully saturated rings. The second-order valence-corrected chi connectivity index (χ2v) is 4.20. The molecule has 0 aliphatic carbocycles. The molecule has 1 aliphatic heterocycles. The summed E-state index contributed by atoms with van der Waals surface area (Å²) in [6, 6.07) is 0. The van der Waals surface area contributed by atoms with Crippen LogP contribution in [0.4, 0.5) is 0 Å². The molecule has 0 spiro atoms. The normalized spacial score (nSPS) is 34.3. The van der Waals surface area contributed by atoms with Crippen LogP contribution in [-0.2, 0) is 14.3 Å². The van der Waals surface area contributed by atoms with Crippen LogP contribution in [0, 0.1) is 17.8 Å². The number of hydrogen-bond acceptors (Lipinski definition) is 3. The molecule has 0 aromatic heterocycles. The van der Waals surface area contributed by atoms with E-state index in [0.717, 1.165) is 0 Å². The summed E-state index contributed by atoms with van der Waals surface area (Å²) in [6.07, 6.45) is 3.56. The Morgan fingerprint density at radius 2 is 1.93 bits per heavy atom. The van der Waals surface area contributed by atoms with Crippen LogP contribution in [0.1, 0.15) is 27.7 Å². The summed E-state index contributed by atoms with van der Waals surface area (Å²) in [5.74, 6) is -1.12. The molecule has 4 atom stereocenters. The van der Waals surface area contributed by atoms with Gasteiger partial charge in [0.15, 0.2) is 5.78 Å². The largest absolute Gasteiger partial charge is 0.460 e. The maximum Gasteiger partial charge on any atom is 0.316 e. The van der Waals surface area contributed by atoms with E-state index in [4.69, 9.17) is 4.74 Å². The molecule has 3 nitrogen and oxygen atoms in total. The van der Waals surface area contributed by atoms with Crippen LogP contribution in [0.3, 0.4) is 0 Å². The van der Waals surface area contributed by atoms with Gasteiger partial charge in [0.1, 0.15) is 12.0 Å². The molecule has 0 aromatic carbocycles. The number of ether oxygens (including phenoxy) is 1. The predicted octanol–water partition coefficient (Wildman–Crippen LogP) is 1.97. The fourth-order valence-corrected chi connectivity index (χ4v) is 1.99. The number of Topliss-reactive ketones (excluding diaryl/α,β-unsaturated/α-hetero) is 1. The number of allylic oxidation sites excluding steroid dienone is 1. The lowest BCUT2D eigenvalue weighted by Crippen LogP contribution is -2.46. The topological polar surface area (TPSA) is 43.4 Å². The third-order valence-electron chi connectivity index (χ3n) is 2.99. The van der Waals surface area contributed by atoms with Crippen molar-refractivity contribution in [3.8, 4) is 0 Å². The summed E-state index contributed by atoms with van der Waals surface area (Å²) < 4.78 is 5.28. The van der Waals surface area contributed by atoms with Gasteiger partial charge in [-0.3, -0.25) is 9.59 Å². The van der Waals surface area contributed by atoms with Crippen LogP contribution in [-0.4, -0.2) is 17.9 Å². The summed E-state index contributed by atoms with van der Waals surface area (Å²) >= 11 is 0. The van der Waals surface area contributed by atoms with Crippen molar-refractivity contribution in [1.29, 1.82) is 0 Å². The molecule has 1 saturated heterocycles. The smallest absolute Gasteiger partial charge is 0.316 e. The predicted molar refractivity (Wildman–Crippen MR) is 57.2 cm³/mol. The first-order valence-corrected chi connectivity index (χ1v) is 5.36. The van der Waals surface area contributed by atoms with E-state index in [9.17, 15) is 9.59 Å². The summed E-state index contributed by atoms with van der Waals surface area (Å²) in [7, 11) is 0. The van der Waals surface area contributed by atoms with E-state index in [1.165, 1.54) is 0 Å². The summed E-state index contributed by atoms with van der Waals surface area (Å²) in [5.41, 5.74) is 0. The van der Waals surface area contributed by atoms with Crippen LogP contribution in [0.2, 0.25) is 0 Å². The molecule has 0 bridgehead atoms.